The lowest BCUT2D eigenvalue weighted by atomic mass is 10.1. The van der Waals surface area contributed by atoms with Crippen molar-refractivity contribution in [3.05, 3.63) is 35.9 Å². The van der Waals surface area contributed by atoms with Gasteiger partial charge >= 0.3 is 0 Å². The molecule has 1 heterocycles. The first-order valence-electron chi connectivity index (χ1n) is 7.79. The fourth-order valence-corrected chi connectivity index (χ4v) is 2.82. The van der Waals surface area contributed by atoms with Crippen molar-refractivity contribution in [3.63, 3.8) is 0 Å². The fraction of sp³-hybridized carbons (Fsp3) is 0.647. The van der Waals surface area contributed by atoms with E-state index in [2.05, 4.69) is 11.8 Å². The van der Waals surface area contributed by atoms with Gasteiger partial charge in [0.15, 0.2) is 0 Å². The molecule has 112 valence electrons. The van der Waals surface area contributed by atoms with Crippen LogP contribution in [0.1, 0.15) is 38.2 Å². The van der Waals surface area contributed by atoms with Crippen molar-refractivity contribution in [3.8, 4) is 0 Å². The van der Waals surface area contributed by atoms with Gasteiger partial charge in [0.25, 0.3) is 0 Å². The number of β-amino-alcohol motifs (C(OH)–C–C–N with tert-alkyl or cyclic N) is 1. The first-order valence-corrected chi connectivity index (χ1v) is 7.79. The number of nitrogens with zero attached hydrogens (tertiary/aromatic N) is 1. The number of hydrogen-bond acceptors (Lipinski definition) is 3. The van der Waals surface area contributed by atoms with Gasteiger partial charge in [-0.3, -0.25) is 4.90 Å². The second-order valence-corrected chi connectivity index (χ2v) is 5.85. The lowest BCUT2D eigenvalue weighted by Crippen LogP contribution is -2.40. The van der Waals surface area contributed by atoms with Gasteiger partial charge in [-0.15, -0.1) is 0 Å². The predicted octanol–water partition coefficient (Wildman–Crippen LogP) is 2.83. The summed E-state index contributed by atoms with van der Waals surface area (Å²) in [5.74, 6) is 0. The Kier molecular flexibility index (Phi) is 6.51. The van der Waals surface area contributed by atoms with Gasteiger partial charge in [-0.1, -0.05) is 43.2 Å². The van der Waals surface area contributed by atoms with E-state index < -0.39 is 0 Å². The molecular weight excluding hydrogens is 250 g/mol. The van der Waals surface area contributed by atoms with Crippen LogP contribution in [0.25, 0.3) is 0 Å². The smallest absolute Gasteiger partial charge is 0.0900 e. The van der Waals surface area contributed by atoms with Crippen molar-refractivity contribution in [2.24, 2.45) is 0 Å². The van der Waals surface area contributed by atoms with Gasteiger partial charge in [-0.2, -0.15) is 0 Å². The molecule has 0 bridgehead atoms. The number of rotatable bonds is 6. The lowest BCUT2D eigenvalue weighted by molar-refractivity contribution is 0.00413. The summed E-state index contributed by atoms with van der Waals surface area (Å²) in [7, 11) is 0. The molecule has 0 saturated carbocycles. The Hall–Kier alpha value is -0.900. The molecule has 0 aromatic heterocycles. The van der Waals surface area contributed by atoms with E-state index in [4.69, 9.17) is 4.74 Å². The molecule has 0 radical (unpaired) electrons. The van der Waals surface area contributed by atoms with Crippen LogP contribution in [0, 0.1) is 0 Å². The molecule has 0 aliphatic carbocycles. The highest BCUT2D eigenvalue weighted by molar-refractivity contribution is 5.13. The maximum atomic E-state index is 10.1. The van der Waals surface area contributed by atoms with Crippen molar-refractivity contribution in [2.75, 3.05) is 19.7 Å². The maximum absolute atomic E-state index is 10.1. The summed E-state index contributed by atoms with van der Waals surface area (Å²) < 4.78 is 5.61. The first kappa shape index (κ1) is 15.5. The van der Waals surface area contributed by atoms with Crippen LogP contribution in [0.2, 0.25) is 0 Å². The van der Waals surface area contributed by atoms with E-state index in [1.807, 2.05) is 30.3 Å². The monoisotopic (exact) mass is 277 g/mol. The molecule has 20 heavy (non-hydrogen) atoms. The second-order valence-electron chi connectivity index (χ2n) is 5.85. The minimum Gasteiger partial charge on any atom is -0.389 e. The average Bonchev–Trinajstić information content (AvgIpc) is 2.65. The molecule has 1 aromatic rings. The molecule has 1 saturated heterocycles. The molecule has 0 amide bonds. The fourth-order valence-electron chi connectivity index (χ4n) is 2.82. The summed E-state index contributed by atoms with van der Waals surface area (Å²) in [6.07, 6.45) is 4.75. The van der Waals surface area contributed by atoms with E-state index in [1.165, 1.54) is 25.7 Å². The third-order valence-corrected chi connectivity index (χ3v) is 4.06. The Balaban J connectivity index is 1.68. The third-order valence-electron chi connectivity index (χ3n) is 4.06. The highest BCUT2D eigenvalue weighted by Crippen LogP contribution is 2.16. The molecule has 2 rings (SSSR count). The Morgan fingerprint density at radius 2 is 2.05 bits per heavy atom. The molecule has 1 N–H and O–H groups in total. The van der Waals surface area contributed by atoms with E-state index in [0.29, 0.717) is 19.3 Å². The number of likely N-dealkylation sites (tertiary alicyclic amines) is 1. The van der Waals surface area contributed by atoms with Crippen LogP contribution < -0.4 is 0 Å². The van der Waals surface area contributed by atoms with Crippen LogP contribution in [0.4, 0.5) is 0 Å². The summed E-state index contributed by atoms with van der Waals surface area (Å²) in [5, 5.41) is 10.1. The Morgan fingerprint density at radius 1 is 1.25 bits per heavy atom. The van der Waals surface area contributed by atoms with Gasteiger partial charge in [-0.05, 0) is 31.9 Å². The Labute approximate surface area is 122 Å². The van der Waals surface area contributed by atoms with Gasteiger partial charge in [0.1, 0.15) is 0 Å². The summed E-state index contributed by atoms with van der Waals surface area (Å²) >= 11 is 0. The van der Waals surface area contributed by atoms with Crippen LogP contribution in [0.5, 0.6) is 0 Å². The van der Waals surface area contributed by atoms with Gasteiger partial charge in [-0.25, -0.2) is 0 Å². The molecule has 2 unspecified atom stereocenters. The van der Waals surface area contributed by atoms with Gasteiger partial charge in [0.05, 0.1) is 19.3 Å². The minimum absolute atomic E-state index is 0.390. The Bertz CT molecular complexity index is 369. The van der Waals surface area contributed by atoms with Crippen LogP contribution in [0.15, 0.2) is 30.3 Å². The van der Waals surface area contributed by atoms with E-state index in [9.17, 15) is 5.11 Å². The zero-order chi connectivity index (χ0) is 14.2. The quantitative estimate of drug-likeness (QED) is 0.868. The number of benzene rings is 1. The number of aliphatic hydroxyl groups excluding tert-OH is 1. The lowest BCUT2D eigenvalue weighted by Gasteiger charge is -2.29. The SMILES string of the molecule is CC1CCCCCN1CC(O)COCc1ccccc1. The minimum atomic E-state index is -0.390. The zero-order valence-corrected chi connectivity index (χ0v) is 12.5. The van der Waals surface area contributed by atoms with E-state index in [-0.39, 0.29) is 6.10 Å². The molecule has 0 spiro atoms. The van der Waals surface area contributed by atoms with Crippen LogP contribution in [0.3, 0.4) is 0 Å². The largest absolute Gasteiger partial charge is 0.389 e. The highest BCUT2D eigenvalue weighted by Gasteiger charge is 2.19. The number of hydrogen-bond donors (Lipinski definition) is 1. The molecule has 1 aliphatic heterocycles. The highest BCUT2D eigenvalue weighted by atomic mass is 16.5. The average molecular weight is 277 g/mol. The van der Waals surface area contributed by atoms with Crippen LogP contribution in [-0.2, 0) is 11.3 Å². The predicted molar refractivity (Wildman–Crippen MR) is 81.6 cm³/mol. The zero-order valence-electron chi connectivity index (χ0n) is 12.5. The number of aliphatic hydroxyl groups is 1. The van der Waals surface area contributed by atoms with Crippen LogP contribution in [-0.4, -0.2) is 41.8 Å². The van der Waals surface area contributed by atoms with Crippen molar-refractivity contribution in [1.29, 1.82) is 0 Å². The molecule has 1 aromatic carbocycles. The van der Waals surface area contributed by atoms with Crippen molar-refractivity contribution in [2.45, 2.75) is 51.4 Å². The normalized spacial score (nSPS) is 22.4. The first-order chi connectivity index (χ1) is 9.75. The van der Waals surface area contributed by atoms with E-state index in [1.54, 1.807) is 0 Å². The molecular formula is C17H27NO2. The topological polar surface area (TPSA) is 32.7 Å². The van der Waals surface area contributed by atoms with Crippen LogP contribution >= 0.6 is 0 Å². The van der Waals surface area contributed by atoms with Crippen molar-refractivity contribution < 1.29 is 9.84 Å². The third kappa shape index (κ3) is 5.23. The molecule has 1 aliphatic rings. The molecule has 2 atom stereocenters. The second kappa shape index (κ2) is 8.40. The Morgan fingerprint density at radius 3 is 2.85 bits per heavy atom. The summed E-state index contributed by atoms with van der Waals surface area (Å²) in [6.45, 7) is 5.10. The van der Waals surface area contributed by atoms with Gasteiger partial charge in [0.2, 0.25) is 0 Å². The molecule has 3 heteroatoms. The van der Waals surface area contributed by atoms with Crippen molar-refractivity contribution >= 4 is 0 Å². The summed E-state index contributed by atoms with van der Waals surface area (Å²) in [5.41, 5.74) is 1.16. The van der Waals surface area contributed by atoms with Gasteiger partial charge in [0, 0.05) is 12.6 Å². The van der Waals surface area contributed by atoms with Crippen molar-refractivity contribution in [1.82, 2.24) is 4.90 Å². The van der Waals surface area contributed by atoms with E-state index in [0.717, 1.165) is 18.7 Å². The molecule has 3 nitrogen and oxygen atoms in total. The summed E-state index contributed by atoms with van der Waals surface area (Å²) in [4.78, 5) is 2.41. The molecule has 1 fully saturated rings. The maximum Gasteiger partial charge on any atom is 0.0900 e. The number of ether oxygens (including phenoxy) is 1. The standard InChI is InChI=1S/C17H27NO2/c1-15-8-4-3-7-11-18(15)12-17(19)14-20-13-16-9-5-2-6-10-16/h2,5-6,9-10,15,17,19H,3-4,7-8,11-14H2,1H3. The summed E-state index contributed by atoms with van der Waals surface area (Å²) in [6, 6.07) is 10.7. The van der Waals surface area contributed by atoms with E-state index >= 15 is 0 Å². The van der Waals surface area contributed by atoms with Gasteiger partial charge < -0.3 is 9.84 Å².